The van der Waals surface area contributed by atoms with E-state index in [1.54, 1.807) is 0 Å². The quantitative estimate of drug-likeness (QED) is 0.598. The van der Waals surface area contributed by atoms with Crippen LogP contribution >= 0.6 is 0 Å². The fourth-order valence-corrected chi connectivity index (χ4v) is 6.66. The van der Waals surface area contributed by atoms with Gasteiger partial charge in [-0.25, -0.2) is 0 Å². The van der Waals surface area contributed by atoms with Gasteiger partial charge in [-0.2, -0.15) is 0 Å². The van der Waals surface area contributed by atoms with E-state index < -0.39 is 0 Å². The number of rotatable bonds is 2. The van der Waals surface area contributed by atoms with Crippen LogP contribution in [0.5, 0.6) is 0 Å². The Bertz CT molecular complexity index is 519. The zero-order chi connectivity index (χ0) is 16.3. The van der Waals surface area contributed by atoms with Gasteiger partial charge >= 0.3 is 0 Å². The van der Waals surface area contributed by atoms with E-state index in [1.807, 2.05) is 0 Å². The van der Waals surface area contributed by atoms with Gasteiger partial charge in [0.05, 0.1) is 23.5 Å². The average Bonchev–Trinajstić information content (AvgIpc) is 3.39. The van der Waals surface area contributed by atoms with E-state index in [0.29, 0.717) is 35.8 Å². The maximum atomic E-state index is 9.46. The fourth-order valence-electron chi connectivity index (χ4n) is 6.66. The Morgan fingerprint density at radius 3 is 1.46 bits per heavy atom. The van der Waals surface area contributed by atoms with E-state index in [0.717, 1.165) is 37.6 Å². The van der Waals surface area contributed by atoms with Gasteiger partial charge in [0.25, 0.3) is 0 Å². The van der Waals surface area contributed by atoms with Crippen LogP contribution in [0, 0.1) is 23.7 Å². The van der Waals surface area contributed by atoms with E-state index in [4.69, 9.17) is 0 Å². The van der Waals surface area contributed by atoms with Crippen molar-refractivity contribution in [3.8, 4) is 0 Å². The largest absolute Gasteiger partial charge is 0.411 e. The molecule has 0 aromatic carbocycles. The van der Waals surface area contributed by atoms with Gasteiger partial charge in [0.2, 0.25) is 0 Å². The lowest BCUT2D eigenvalue weighted by molar-refractivity contribution is 0.0745. The monoisotopic (exact) mass is 332 g/mol. The van der Waals surface area contributed by atoms with Gasteiger partial charge in [0, 0.05) is 38.0 Å². The molecule has 6 atom stereocenters. The lowest BCUT2D eigenvalue weighted by atomic mass is 9.90. The van der Waals surface area contributed by atoms with Gasteiger partial charge in [-0.15, -0.1) is 0 Å². The second-order valence-electron chi connectivity index (χ2n) is 8.55. The smallest absolute Gasteiger partial charge is 0.0775 e. The minimum absolute atomic E-state index is 0.377. The molecule has 5 rings (SSSR count). The normalized spacial score (nSPS) is 49.0. The van der Waals surface area contributed by atoms with Crippen LogP contribution in [0.15, 0.2) is 10.3 Å². The first kappa shape index (κ1) is 15.1. The summed E-state index contributed by atoms with van der Waals surface area (Å²) in [6.07, 6.45) is 7.45. The average molecular weight is 332 g/mol. The van der Waals surface area contributed by atoms with E-state index in [1.165, 1.54) is 38.5 Å². The summed E-state index contributed by atoms with van der Waals surface area (Å²) in [5.41, 5.74) is 2.11. The molecule has 5 aliphatic rings. The molecule has 2 N–H and O–H groups in total. The van der Waals surface area contributed by atoms with E-state index >= 15 is 0 Å². The minimum Gasteiger partial charge on any atom is -0.411 e. The van der Waals surface area contributed by atoms with Crippen molar-refractivity contribution < 1.29 is 10.4 Å². The summed E-state index contributed by atoms with van der Waals surface area (Å²) < 4.78 is 0. The first-order chi connectivity index (χ1) is 11.8. The summed E-state index contributed by atoms with van der Waals surface area (Å²) in [5.74, 6) is 2.46. The first-order valence-electron chi connectivity index (χ1n) is 9.72. The van der Waals surface area contributed by atoms with Crippen LogP contribution in [0.25, 0.3) is 0 Å². The Kier molecular flexibility index (Phi) is 3.59. The molecule has 0 unspecified atom stereocenters. The van der Waals surface area contributed by atoms with Gasteiger partial charge in [-0.05, 0) is 50.4 Å². The topological polar surface area (TPSA) is 71.7 Å². The van der Waals surface area contributed by atoms with Gasteiger partial charge in [0.15, 0.2) is 0 Å². The second-order valence-corrected chi connectivity index (χ2v) is 8.55. The number of oxime groups is 2. The van der Waals surface area contributed by atoms with Crippen LogP contribution in [0.4, 0.5) is 0 Å². The van der Waals surface area contributed by atoms with Crippen LogP contribution in [-0.2, 0) is 0 Å². The number of piperazine rings is 1. The molecule has 0 spiro atoms. The summed E-state index contributed by atoms with van der Waals surface area (Å²) in [5, 5.41) is 26.3. The molecule has 5 fully saturated rings. The van der Waals surface area contributed by atoms with Gasteiger partial charge in [-0.1, -0.05) is 10.3 Å². The van der Waals surface area contributed by atoms with Crippen molar-refractivity contribution in [1.29, 1.82) is 0 Å². The predicted octanol–water partition coefficient (Wildman–Crippen LogP) is 1.86. The van der Waals surface area contributed by atoms with Gasteiger partial charge in [0.1, 0.15) is 0 Å². The summed E-state index contributed by atoms with van der Waals surface area (Å²) >= 11 is 0. The molecular weight excluding hydrogens is 304 g/mol. The molecule has 0 radical (unpaired) electrons. The maximum absolute atomic E-state index is 9.46. The van der Waals surface area contributed by atoms with Crippen LogP contribution in [0.3, 0.4) is 0 Å². The molecule has 1 aliphatic heterocycles. The summed E-state index contributed by atoms with van der Waals surface area (Å²) in [7, 11) is 0. The summed E-state index contributed by atoms with van der Waals surface area (Å²) in [6, 6.07) is 0.754. The number of hydrogen-bond donors (Lipinski definition) is 2. The zero-order valence-electron chi connectivity index (χ0n) is 14.2. The van der Waals surface area contributed by atoms with Crippen molar-refractivity contribution in [3.63, 3.8) is 0 Å². The first-order valence-corrected chi connectivity index (χ1v) is 9.72. The highest BCUT2D eigenvalue weighted by molar-refractivity contribution is 5.95. The summed E-state index contributed by atoms with van der Waals surface area (Å²) in [4.78, 5) is 5.11. The molecule has 1 heterocycles. The van der Waals surface area contributed by atoms with Crippen LogP contribution in [-0.4, -0.2) is 69.9 Å². The molecule has 4 bridgehead atoms. The van der Waals surface area contributed by atoms with E-state index in [9.17, 15) is 10.4 Å². The molecule has 0 amide bonds. The third kappa shape index (κ3) is 2.08. The van der Waals surface area contributed by atoms with E-state index in [-0.39, 0.29) is 0 Å². The van der Waals surface area contributed by atoms with Crippen LogP contribution in [0.2, 0.25) is 0 Å². The molecule has 4 aliphatic carbocycles. The Balaban J connectivity index is 1.27. The Morgan fingerprint density at radius 2 is 1.08 bits per heavy atom. The molecular formula is C18H28N4O2. The highest BCUT2D eigenvalue weighted by Crippen LogP contribution is 2.47. The number of fused-ring (bicyclic) bond motifs is 4. The lowest BCUT2D eigenvalue weighted by Crippen LogP contribution is -2.58. The standard InChI is InChI=1S/C18H28N4O2/c23-19-15-11-1-3-13(9-11)17(15)21-5-7-22(8-6-21)18-14-4-2-12(10-14)16(18)20-24/h11-14,17-18,23-24H,1-10H2/b19-15+,20-16+/t11-,12-,13-,14-,17-,18-/m0/s1. The SMILES string of the molecule is O/N=C1\[C@H]2CC[C@@H](C2)[C@@H]1N1CCN([C@@H]2/C(=N/O)[C@H]3CC[C@H]2C3)CC1. The lowest BCUT2D eigenvalue weighted by Gasteiger charge is -2.44. The third-order valence-corrected chi connectivity index (χ3v) is 7.65. The second kappa shape index (κ2) is 5.70. The van der Waals surface area contributed by atoms with Crippen molar-refractivity contribution in [1.82, 2.24) is 9.80 Å². The van der Waals surface area contributed by atoms with Crippen molar-refractivity contribution >= 4 is 11.4 Å². The van der Waals surface area contributed by atoms with Gasteiger partial charge < -0.3 is 10.4 Å². The minimum atomic E-state index is 0.377. The molecule has 0 aromatic heterocycles. The summed E-state index contributed by atoms with van der Waals surface area (Å²) in [6.45, 7) is 4.16. The van der Waals surface area contributed by atoms with Crippen LogP contribution < -0.4 is 0 Å². The predicted molar refractivity (Wildman–Crippen MR) is 90.8 cm³/mol. The maximum Gasteiger partial charge on any atom is 0.0775 e. The van der Waals surface area contributed by atoms with Crippen molar-refractivity contribution in [2.75, 3.05) is 26.2 Å². The molecule has 132 valence electrons. The van der Waals surface area contributed by atoms with Gasteiger partial charge in [-0.3, -0.25) is 9.80 Å². The third-order valence-electron chi connectivity index (χ3n) is 7.65. The van der Waals surface area contributed by atoms with Crippen molar-refractivity contribution in [2.24, 2.45) is 34.0 Å². The number of hydrogen-bond acceptors (Lipinski definition) is 6. The van der Waals surface area contributed by atoms with Crippen molar-refractivity contribution in [2.45, 2.75) is 50.6 Å². The molecule has 4 saturated carbocycles. The number of nitrogens with zero attached hydrogens (tertiary/aromatic N) is 4. The van der Waals surface area contributed by atoms with E-state index in [2.05, 4.69) is 20.1 Å². The molecule has 6 heteroatoms. The Labute approximate surface area is 143 Å². The fraction of sp³-hybridized carbons (Fsp3) is 0.889. The van der Waals surface area contributed by atoms with Crippen molar-refractivity contribution in [3.05, 3.63) is 0 Å². The highest BCUT2D eigenvalue weighted by Gasteiger charge is 2.51. The molecule has 24 heavy (non-hydrogen) atoms. The Morgan fingerprint density at radius 1 is 0.667 bits per heavy atom. The van der Waals surface area contributed by atoms with Crippen LogP contribution in [0.1, 0.15) is 38.5 Å². The molecule has 6 nitrogen and oxygen atoms in total. The Hall–Kier alpha value is -1.14. The highest BCUT2D eigenvalue weighted by atomic mass is 16.4. The zero-order valence-corrected chi connectivity index (χ0v) is 14.2. The molecule has 0 aromatic rings. The molecule has 1 saturated heterocycles.